The lowest BCUT2D eigenvalue weighted by Gasteiger charge is -2.27. The molecular weight excluding hydrogens is 290 g/mol. The molecule has 1 unspecified atom stereocenters. The maximum Gasteiger partial charge on any atom is 0.256 e. The van der Waals surface area contributed by atoms with Crippen molar-refractivity contribution in [2.45, 2.75) is 32.1 Å². The van der Waals surface area contributed by atoms with Crippen LogP contribution >= 0.6 is 0 Å². The minimum Gasteiger partial charge on any atom is -0.394 e. The highest BCUT2D eigenvalue weighted by molar-refractivity contribution is 5.98. The van der Waals surface area contributed by atoms with Gasteiger partial charge in [0.25, 0.3) is 5.91 Å². The fourth-order valence-corrected chi connectivity index (χ4v) is 2.97. The van der Waals surface area contributed by atoms with E-state index in [2.05, 4.69) is 0 Å². The number of ether oxygens (including phenoxy) is 1. The molecule has 1 N–H and O–H groups in total. The molecule has 120 valence electrons. The number of para-hydroxylation sites is 1. The summed E-state index contributed by atoms with van der Waals surface area (Å²) in [6.45, 7) is 2.11. The lowest BCUT2D eigenvalue weighted by atomic mass is 10.1. The Kier molecular flexibility index (Phi) is 4.74. The molecule has 2 aromatic carbocycles. The molecule has 23 heavy (non-hydrogen) atoms. The summed E-state index contributed by atoms with van der Waals surface area (Å²) < 4.78 is 5.74. The van der Waals surface area contributed by atoms with Crippen molar-refractivity contribution in [3.8, 4) is 0 Å². The van der Waals surface area contributed by atoms with Gasteiger partial charge in [-0.1, -0.05) is 48.5 Å². The van der Waals surface area contributed by atoms with Crippen LogP contribution in [-0.4, -0.2) is 29.8 Å². The highest BCUT2D eigenvalue weighted by Crippen LogP contribution is 2.32. The topological polar surface area (TPSA) is 49.8 Å². The third-order valence-corrected chi connectivity index (χ3v) is 4.21. The third kappa shape index (κ3) is 3.28. The molecule has 0 radical (unpaired) electrons. The number of hydrogen-bond acceptors (Lipinski definition) is 3. The van der Waals surface area contributed by atoms with Crippen LogP contribution < -0.4 is 4.90 Å². The van der Waals surface area contributed by atoms with E-state index in [1.54, 1.807) is 11.8 Å². The second-order valence-electron chi connectivity index (χ2n) is 5.82. The van der Waals surface area contributed by atoms with Crippen molar-refractivity contribution in [3.63, 3.8) is 0 Å². The Morgan fingerprint density at radius 1 is 1.22 bits per heavy atom. The van der Waals surface area contributed by atoms with Crippen molar-refractivity contribution in [2.24, 2.45) is 0 Å². The number of anilines is 1. The summed E-state index contributed by atoms with van der Waals surface area (Å²) in [5.41, 5.74) is 3.01. The van der Waals surface area contributed by atoms with Crippen molar-refractivity contribution in [1.29, 1.82) is 0 Å². The summed E-state index contributed by atoms with van der Waals surface area (Å²) in [7, 11) is 0. The molecule has 0 aliphatic carbocycles. The lowest BCUT2D eigenvalue weighted by molar-refractivity contribution is -0.130. The first-order valence-electron chi connectivity index (χ1n) is 7.88. The van der Waals surface area contributed by atoms with E-state index in [4.69, 9.17) is 4.74 Å². The van der Waals surface area contributed by atoms with Crippen LogP contribution in [0.1, 0.15) is 18.1 Å². The molecule has 1 heterocycles. The van der Waals surface area contributed by atoms with Gasteiger partial charge in [0.2, 0.25) is 0 Å². The number of nitrogens with zero attached hydrogens (tertiary/aromatic N) is 1. The predicted octanol–water partition coefficient (Wildman–Crippen LogP) is 2.54. The van der Waals surface area contributed by atoms with E-state index in [-0.39, 0.29) is 18.6 Å². The standard InChI is InChI=1S/C19H21NO3/c1-14(23-13-15-7-3-2-4-8-15)19(22)20-17(12-21)11-16-9-5-6-10-18(16)20/h2-10,14,17,21H,11-13H2,1H3/t14-,17?/m1/s1. The number of benzene rings is 2. The van der Waals surface area contributed by atoms with Crippen LogP contribution in [0.15, 0.2) is 54.6 Å². The lowest BCUT2D eigenvalue weighted by Crippen LogP contribution is -2.45. The maximum atomic E-state index is 12.8. The zero-order chi connectivity index (χ0) is 16.2. The Balaban J connectivity index is 1.71. The van der Waals surface area contributed by atoms with Crippen LogP contribution in [0.25, 0.3) is 0 Å². The maximum absolute atomic E-state index is 12.8. The molecule has 0 spiro atoms. The number of amides is 1. The van der Waals surface area contributed by atoms with Crippen molar-refractivity contribution in [3.05, 3.63) is 65.7 Å². The van der Waals surface area contributed by atoms with Gasteiger partial charge in [-0.15, -0.1) is 0 Å². The second-order valence-corrected chi connectivity index (χ2v) is 5.82. The van der Waals surface area contributed by atoms with Crippen molar-refractivity contribution < 1.29 is 14.6 Å². The predicted molar refractivity (Wildman–Crippen MR) is 89.2 cm³/mol. The van der Waals surface area contributed by atoms with E-state index < -0.39 is 6.10 Å². The van der Waals surface area contributed by atoms with Crippen LogP contribution in [0.2, 0.25) is 0 Å². The minimum absolute atomic E-state index is 0.0498. The van der Waals surface area contributed by atoms with Crippen molar-refractivity contribution in [2.75, 3.05) is 11.5 Å². The van der Waals surface area contributed by atoms with Gasteiger partial charge in [-0.05, 0) is 30.5 Å². The van der Waals surface area contributed by atoms with Crippen LogP contribution in [-0.2, 0) is 22.6 Å². The number of rotatable bonds is 5. The summed E-state index contributed by atoms with van der Waals surface area (Å²) in [6, 6.07) is 17.4. The molecule has 4 nitrogen and oxygen atoms in total. The van der Waals surface area contributed by atoms with E-state index >= 15 is 0 Å². The molecule has 4 heteroatoms. The quantitative estimate of drug-likeness (QED) is 0.923. The second kappa shape index (κ2) is 6.94. The summed E-state index contributed by atoms with van der Waals surface area (Å²) in [5, 5.41) is 9.61. The number of fused-ring (bicyclic) bond motifs is 1. The Labute approximate surface area is 136 Å². The Hall–Kier alpha value is -2.17. The van der Waals surface area contributed by atoms with Gasteiger partial charge in [-0.2, -0.15) is 0 Å². The monoisotopic (exact) mass is 311 g/mol. The van der Waals surface area contributed by atoms with E-state index in [9.17, 15) is 9.90 Å². The molecule has 2 atom stereocenters. The van der Waals surface area contributed by atoms with Gasteiger partial charge in [0.1, 0.15) is 6.10 Å². The van der Waals surface area contributed by atoms with Gasteiger partial charge in [0.15, 0.2) is 0 Å². The molecule has 0 saturated heterocycles. The average molecular weight is 311 g/mol. The summed E-state index contributed by atoms with van der Waals surface area (Å²) in [6.07, 6.45) is 0.125. The molecule has 2 aromatic rings. The Bertz CT molecular complexity index is 671. The number of aliphatic hydroxyl groups excluding tert-OH is 1. The van der Waals surface area contributed by atoms with Gasteiger partial charge in [0.05, 0.1) is 19.3 Å². The van der Waals surface area contributed by atoms with E-state index in [1.165, 1.54) is 0 Å². The molecule has 1 aliphatic rings. The number of carbonyl (C=O) groups excluding carboxylic acids is 1. The molecular formula is C19H21NO3. The normalized spacial score (nSPS) is 17.8. The summed E-state index contributed by atoms with van der Waals surface area (Å²) in [4.78, 5) is 14.5. The molecule has 0 bridgehead atoms. The Morgan fingerprint density at radius 2 is 1.91 bits per heavy atom. The molecule has 3 rings (SSSR count). The number of aliphatic hydroxyl groups is 1. The summed E-state index contributed by atoms with van der Waals surface area (Å²) in [5.74, 6) is -0.107. The van der Waals surface area contributed by atoms with Gasteiger partial charge >= 0.3 is 0 Å². The fourth-order valence-electron chi connectivity index (χ4n) is 2.97. The first-order chi connectivity index (χ1) is 11.2. The molecule has 0 fully saturated rings. The van der Waals surface area contributed by atoms with Crippen LogP contribution in [0.4, 0.5) is 5.69 Å². The van der Waals surface area contributed by atoms with Crippen LogP contribution in [0.5, 0.6) is 0 Å². The van der Waals surface area contributed by atoms with Crippen LogP contribution in [0.3, 0.4) is 0 Å². The minimum atomic E-state index is -0.560. The first kappa shape index (κ1) is 15.7. The van der Waals surface area contributed by atoms with Gasteiger partial charge in [-0.25, -0.2) is 0 Å². The molecule has 1 aliphatic heterocycles. The van der Waals surface area contributed by atoms with E-state index in [1.807, 2.05) is 54.6 Å². The molecule has 0 saturated carbocycles. The highest BCUT2D eigenvalue weighted by atomic mass is 16.5. The largest absolute Gasteiger partial charge is 0.394 e. The van der Waals surface area contributed by atoms with Crippen molar-refractivity contribution >= 4 is 11.6 Å². The number of hydrogen-bond donors (Lipinski definition) is 1. The molecule has 1 amide bonds. The first-order valence-corrected chi connectivity index (χ1v) is 7.88. The van der Waals surface area contributed by atoms with E-state index in [0.717, 1.165) is 16.8 Å². The smallest absolute Gasteiger partial charge is 0.256 e. The van der Waals surface area contributed by atoms with Crippen LogP contribution in [0, 0.1) is 0 Å². The van der Waals surface area contributed by atoms with Gasteiger partial charge in [0, 0.05) is 5.69 Å². The SMILES string of the molecule is C[C@@H](OCc1ccccc1)C(=O)N1c2ccccc2CC1CO. The van der Waals surface area contributed by atoms with Gasteiger partial charge in [-0.3, -0.25) is 4.79 Å². The molecule has 0 aromatic heterocycles. The highest BCUT2D eigenvalue weighted by Gasteiger charge is 2.35. The zero-order valence-corrected chi connectivity index (χ0v) is 13.2. The Morgan fingerprint density at radius 3 is 2.65 bits per heavy atom. The van der Waals surface area contributed by atoms with E-state index in [0.29, 0.717) is 13.0 Å². The zero-order valence-electron chi connectivity index (χ0n) is 13.2. The number of carbonyl (C=O) groups is 1. The third-order valence-electron chi connectivity index (χ3n) is 4.21. The van der Waals surface area contributed by atoms with Crippen molar-refractivity contribution in [1.82, 2.24) is 0 Å². The average Bonchev–Trinajstić information content (AvgIpc) is 2.98. The fraction of sp³-hybridized carbons (Fsp3) is 0.316. The van der Waals surface area contributed by atoms with Gasteiger partial charge < -0.3 is 14.7 Å². The summed E-state index contributed by atoms with van der Waals surface area (Å²) >= 11 is 0.